The number of carbonyl (C=O) groups excluding carboxylic acids is 1. The number of hydrogen-bond acceptors (Lipinski definition) is 5. The van der Waals surface area contributed by atoms with Crippen LogP contribution in [0.4, 0.5) is 10.8 Å². The molecule has 0 spiro atoms. The Hall–Kier alpha value is -1.46. The number of anilines is 2. The van der Waals surface area contributed by atoms with Crippen LogP contribution in [0.2, 0.25) is 5.02 Å². The Labute approximate surface area is 114 Å². The quantitative estimate of drug-likeness (QED) is 0.933. The predicted molar refractivity (Wildman–Crippen MR) is 73.8 cm³/mol. The number of halogens is 1. The van der Waals surface area contributed by atoms with Gasteiger partial charge in [0, 0.05) is 22.2 Å². The van der Waals surface area contributed by atoms with Crippen molar-refractivity contribution in [1.82, 2.24) is 9.36 Å². The van der Waals surface area contributed by atoms with E-state index >= 15 is 0 Å². The van der Waals surface area contributed by atoms with E-state index in [-0.39, 0.29) is 12.2 Å². The van der Waals surface area contributed by atoms with Crippen molar-refractivity contribution in [2.45, 2.75) is 20.3 Å². The van der Waals surface area contributed by atoms with Crippen molar-refractivity contribution in [3.63, 3.8) is 0 Å². The van der Waals surface area contributed by atoms with Crippen molar-refractivity contribution < 1.29 is 4.79 Å². The third-order valence-corrected chi connectivity index (χ3v) is 3.46. The van der Waals surface area contributed by atoms with E-state index in [9.17, 15) is 4.79 Å². The topological polar surface area (TPSA) is 54.9 Å². The molecule has 18 heavy (non-hydrogen) atoms. The summed E-state index contributed by atoms with van der Waals surface area (Å²) in [5.41, 5.74) is 1.86. The Bertz CT molecular complexity index is 582. The number of Topliss-reactive ketones (excluding diaryl/α,β-unsaturated/α-hetero) is 1. The highest BCUT2D eigenvalue weighted by atomic mass is 35.5. The molecule has 0 bridgehead atoms. The third kappa shape index (κ3) is 3.05. The lowest BCUT2D eigenvalue weighted by Gasteiger charge is -2.06. The maximum absolute atomic E-state index is 11.0. The fourth-order valence-corrected chi connectivity index (χ4v) is 2.23. The summed E-state index contributed by atoms with van der Waals surface area (Å²) in [6.07, 6.45) is 0.271. The molecule has 0 saturated heterocycles. The molecule has 0 radical (unpaired) electrons. The van der Waals surface area contributed by atoms with E-state index in [1.165, 1.54) is 18.5 Å². The molecule has 0 unspecified atom stereocenters. The average Bonchev–Trinajstić information content (AvgIpc) is 2.71. The van der Waals surface area contributed by atoms with Crippen LogP contribution < -0.4 is 5.32 Å². The fraction of sp³-hybridized carbons (Fsp3) is 0.250. The van der Waals surface area contributed by atoms with Crippen LogP contribution in [0.3, 0.4) is 0 Å². The van der Waals surface area contributed by atoms with E-state index < -0.39 is 0 Å². The van der Waals surface area contributed by atoms with Crippen molar-refractivity contribution in [3.05, 3.63) is 34.6 Å². The first-order valence-corrected chi connectivity index (χ1v) is 6.55. The Morgan fingerprint density at radius 1 is 1.50 bits per heavy atom. The summed E-state index contributed by atoms with van der Waals surface area (Å²) < 4.78 is 4.12. The summed E-state index contributed by atoms with van der Waals surface area (Å²) in [4.78, 5) is 15.2. The molecular weight excluding hydrogens is 270 g/mol. The molecule has 0 amide bonds. The van der Waals surface area contributed by atoms with Gasteiger partial charge in [0.25, 0.3) is 0 Å². The van der Waals surface area contributed by atoms with Crippen LogP contribution >= 0.6 is 23.1 Å². The van der Waals surface area contributed by atoms with Crippen molar-refractivity contribution in [2.75, 3.05) is 5.32 Å². The summed E-state index contributed by atoms with van der Waals surface area (Å²) in [6, 6.07) is 5.63. The molecule has 2 rings (SSSR count). The van der Waals surface area contributed by atoms with E-state index in [4.69, 9.17) is 11.6 Å². The maximum Gasteiger partial charge on any atom is 0.207 e. The van der Waals surface area contributed by atoms with Gasteiger partial charge in [-0.3, -0.25) is 4.79 Å². The number of aromatic nitrogens is 2. The largest absolute Gasteiger partial charge is 0.330 e. The van der Waals surface area contributed by atoms with Crippen LogP contribution in [0, 0.1) is 6.92 Å². The highest BCUT2D eigenvalue weighted by molar-refractivity contribution is 7.09. The molecule has 0 aliphatic rings. The molecular formula is C12H12ClN3OS. The highest BCUT2D eigenvalue weighted by Crippen LogP contribution is 2.26. The van der Waals surface area contributed by atoms with Gasteiger partial charge in [-0.1, -0.05) is 17.7 Å². The molecule has 4 nitrogen and oxygen atoms in total. The summed E-state index contributed by atoms with van der Waals surface area (Å²) in [7, 11) is 0. The summed E-state index contributed by atoms with van der Waals surface area (Å²) in [6.45, 7) is 3.46. The van der Waals surface area contributed by atoms with E-state index in [2.05, 4.69) is 14.7 Å². The van der Waals surface area contributed by atoms with Crippen LogP contribution in [0.25, 0.3) is 0 Å². The van der Waals surface area contributed by atoms with Gasteiger partial charge in [0.2, 0.25) is 5.13 Å². The third-order valence-electron chi connectivity index (χ3n) is 2.38. The Morgan fingerprint density at radius 2 is 2.28 bits per heavy atom. The Kier molecular flexibility index (Phi) is 3.93. The van der Waals surface area contributed by atoms with Gasteiger partial charge in [-0.25, -0.2) is 4.98 Å². The minimum atomic E-state index is 0.0540. The lowest BCUT2D eigenvalue weighted by atomic mass is 10.2. The van der Waals surface area contributed by atoms with Crippen LogP contribution in [-0.2, 0) is 11.2 Å². The molecule has 0 fully saturated rings. The van der Waals surface area contributed by atoms with Crippen LogP contribution in [-0.4, -0.2) is 15.1 Å². The summed E-state index contributed by atoms with van der Waals surface area (Å²) in [5.74, 6) is 0.605. The number of ketones is 1. The highest BCUT2D eigenvalue weighted by Gasteiger charge is 2.08. The fourth-order valence-electron chi connectivity index (χ4n) is 1.46. The van der Waals surface area contributed by atoms with Crippen molar-refractivity contribution in [1.29, 1.82) is 0 Å². The molecule has 94 valence electrons. The minimum absolute atomic E-state index is 0.0540. The number of hydrogen-bond donors (Lipinski definition) is 1. The number of carbonyl (C=O) groups is 1. The molecule has 6 heteroatoms. The molecule has 0 aliphatic heterocycles. The zero-order chi connectivity index (χ0) is 13.1. The second-order valence-corrected chi connectivity index (χ2v) is 5.09. The second kappa shape index (κ2) is 5.46. The zero-order valence-electron chi connectivity index (χ0n) is 10.0. The number of benzene rings is 1. The van der Waals surface area contributed by atoms with Crippen molar-refractivity contribution in [3.8, 4) is 0 Å². The first kappa shape index (κ1) is 13.0. The summed E-state index contributed by atoms with van der Waals surface area (Å²) >= 11 is 7.27. The summed E-state index contributed by atoms with van der Waals surface area (Å²) in [5, 5.41) is 4.52. The number of nitrogens with one attached hydrogen (secondary N) is 1. The van der Waals surface area contributed by atoms with Crippen molar-refractivity contribution >= 4 is 39.7 Å². The van der Waals surface area contributed by atoms with Crippen LogP contribution in [0.1, 0.15) is 18.3 Å². The SMILES string of the molecule is CC(=O)Cc1nsc(Nc2cccc(Cl)c2C)n1. The first-order chi connectivity index (χ1) is 8.56. The lowest BCUT2D eigenvalue weighted by molar-refractivity contribution is -0.116. The van der Waals surface area contributed by atoms with E-state index in [0.717, 1.165) is 11.3 Å². The van der Waals surface area contributed by atoms with Crippen LogP contribution in [0.5, 0.6) is 0 Å². The van der Waals surface area contributed by atoms with Crippen LogP contribution in [0.15, 0.2) is 18.2 Å². The lowest BCUT2D eigenvalue weighted by Crippen LogP contribution is -1.99. The van der Waals surface area contributed by atoms with Gasteiger partial charge in [0.1, 0.15) is 5.78 Å². The van der Waals surface area contributed by atoms with E-state index in [0.29, 0.717) is 16.0 Å². The molecule has 1 aromatic carbocycles. The predicted octanol–water partition coefficient (Wildman–Crippen LogP) is 3.38. The molecule has 0 aliphatic carbocycles. The minimum Gasteiger partial charge on any atom is -0.330 e. The van der Waals surface area contributed by atoms with Crippen molar-refractivity contribution in [2.24, 2.45) is 0 Å². The Balaban J connectivity index is 2.16. The van der Waals surface area contributed by atoms with Gasteiger partial charge in [-0.2, -0.15) is 4.37 Å². The van der Waals surface area contributed by atoms with E-state index in [1.807, 2.05) is 25.1 Å². The normalized spacial score (nSPS) is 10.4. The monoisotopic (exact) mass is 281 g/mol. The molecule has 1 heterocycles. The molecule has 0 saturated carbocycles. The van der Waals surface area contributed by atoms with Gasteiger partial charge < -0.3 is 5.32 Å². The molecule has 2 aromatic rings. The first-order valence-electron chi connectivity index (χ1n) is 5.40. The smallest absolute Gasteiger partial charge is 0.207 e. The molecule has 1 aromatic heterocycles. The Morgan fingerprint density at radius 3 is 3.00 bits per heavy atom. The average molecular weight is 282 g/mol. The number of nitrogens with zero attached hydrogens (tertiary/aromatic N) is 2. The van der Waals surface area contributed by atoms with Gasteiger partial charge in [0.05, 0.1) is 6.42 Å². The van der Waals surface area contributed by atoms with Gasteiger partial charge in [0.15, 0.2) is 5.82 Å². The molecule has 1 N–H and O–H groups in total. The maximum atomic E-state index is 11.0. The van der Waals surface area contributed by atoms with E-state index in [1.54, 1.807) is 0 Å². The zero-order valence-corrected chi connectivity index (χ0v) is 11.6. The number of rotatable bonds is 4. The second-order valence-electron chi connectivity index (χ2n) is 3.93. The standard InChI is InChI=1S/C12H12ClN3OS/c1-7(17)6-11-15-12(18-16-11)14-10-5-3-4-9(13)8(10)2/h3-5H,6H2,1-2H3,(H,14,15,16). The van der Waals surface area contributed by atoms with Gasteiger partial charge in [-0.15, -0.1) is 0 Å². The molecule has 0 atom stereocenters. The van der Waals surface area contributed by atoms with Gasteiger partial charge in [-0.05, 0) is 31.5 Å². The van der Waals surface area contributed by atoms with Gasteiger partial charge >= 0.3 is 0 Å².